The molecule has 3 aromatic rings. The number of hydrogen-bond acceptors (Lipinski definition) is 3. The lowest BCUT2D eigenvalue weighted by Crippen LogP contribution is -2.29. The lowest BCUT2D eigenvalue weighted by atomic mass is 9.98. The second kappa shape index (κ2) is 5.75. The van der Waals surface area contributed by atoms with Gasteiger partial charge in [0.1, 0.15) is 0 Å². The van der Waals surface area contributed by atoms with Crippen molar-refractivity contribution in [2.45, 2.75) is 19.4 Å². The summed E-state index contributed by atoms with van der Waals surface area (Å²) in [6.07, 6.45) is 0.902. The quantitative estimate of drug-likeness (QED) is 0.561. The maximum Gasteiger partial charge on any atom is 0.0511 e. The topological polar surface area (TPSA) is 38.0 Å². The molecule has 3 N–H and O–H groups in total. The van der Waals surface area contributed by atoms with Gasteiger partial charge in [0.05, 0.1) is 6.04 Å². The summed E-state index contributed by atoms with van der Waals surface area (Å²) in [5.41, 5.74) is 5.55. The molecule has 0 aliphatic heterocycles. The molecule has 20 heavy (non-hydrogen) atoms. The van der Waals surface area contributed by atoms with Gasteiger partial charge in [-0.25, -0.2) is 0 Å². The van der Waals surface area contributed by atoms with Crippen LogP contribution in [0.3, 0.4) is 0 Å². The van der Waals surface area contributed by atoms with Crippen LogP contribution >= 0.6 is 11.3 Å². The third kappa shape index (κ3) is 2.61. The number of nitrogens with two attached hydrogens (primary N) is 1. The van der Waals surface area contributed by atoms with E-state index in [0.29, 0.717) is 0 Å². The van der Waals surface area contributed by atoms with Crippen LogP contribution in [0.1, 0.15) is 22.0 Å². The van der Waals surface area contributed by atoms with E-state index < -0.39 is 0 Å². The molecule has 0 aliphatic rings. The third-order valence-electron chi connectivity index (χ3n) is 3.73. The molecule has 1 unspecified atom stereocenters. The summed E-state index contributed by atoms with van der Waals surface area (Å²) in [6, 6.07) is 17.4. The first-order valence-corrected chi connectivity index (χ1v) is 7.63. The van der Waals surface area contributed by atoms with Crippen LogP contribution in [0.15, 0.2) is 53.9 Å². The van der Waals surface area contributed by atoms with Gasteiger partial charge >= 0.3 is 0 Å². The number of aryl methyl sites for hydroxylation is 1. The van der Waals surface area contributed by atoms with Crippen LogP contribution in [0.2, 0.25) is 0 Å². The van der Waals surface area contributed by atoms with Crippen LogP contribution in [-0.2, 0) is 6.42 Å². The second-order valence-corrected chi connectivity index (χ2v) is 6.16. The van der Waals surface area contributed by atoms with E-state index in [2.05, 4.69) is 66.3 Å². The van der Waals surface area contributed by atoms with Crippen molar-refractivity contribution in [2.24, 2.45) is 5.84 Å². The summed E-state index contributed by atoms with van der Waals surface area (Å²) in [5, 5.41) is 4.68. The van der Waals surface area contributed by atoms with Crippen molar-refractivity contribution >= 4 is 22.1 Å². The Morgan fingerprint density at radius 3 is 2.60 bits per heavy atom. The molecule has 2 aromatic carbocycles. The number of fused-ring (bicyclic) bond motifs is 1. The smallest absolute Gasteiger partial charge is 0.0511 e. The van der Waals surface area contributed by atoms with E-state index in [1.165, 1.54) is 26.8 Å². The van der Waals surface area contributed by atoms with Crippen molar-refractivity contribution in [3.05, 3.63) is 69.9 Å². The Morgan fingerprint density at radius 2 is 1.90 bits per heavy atom. The van der Waals surface area contributed by atoms with E-state index in [1.54, 1.807) is 11.3 Å². The van der Waals surface area contributed by atoms with E-state index in [1.807, 2.05) is 0 Å². The van der Waals surface area contributed by atoms with Crippen molar-refractivity contribution in [3.63, 3.8) is 0 Å². The Bertz CT molecular complexity index is 718. The van der Waals surface area contributed by atoms with Crippen LogP contribution in [0.4, 0.5) is 0 Å². The highest BCUT2D eigenvalue weighted by atomic mass is 32.1. The molecular formula is C17H18N2S. The molecule has 1 aromatic heterocycles. The summed E-state index contributed by atoms with van der Waals surface area (Å²) < 4.78 is 0. The second-order valence-electron chi connectivity index (χ2n) is 5.04. The molecular weight excluding hydrogens is 264 g/mol. The van der Waals surface area contributed by atoms with Crippen molar-refractivity contribution in [3.8, 4) is 0 Å². The molecule has 1 atom stereocenters. The van der Waals surface area contributed by atoms with Gasteiger partial charge in [0, 0.05) is 4.88 Å². The summed E-state index contributed by atoms with van der Waals surface area (Å²) in [4.78, 5) is 1.33. The first-order chi connectivity index (χ1) is 9.78. The Labute approximate surface area is 123 Å². The lowest BCUT2D eigenvalue weighted by Gasteiger charge is -2.16. The van der Waals surface area contributed by atoms with Crippen LogP contribution in [0, 0.1) is 6.92 Å². The normalized spacial score (nSPS) is 12.7. The average Bonchev–Trinajstić information content (AvgIpc) is 2.91. The van der Waals surface area contributed by atoms with Gasteiger partial charge in [-0.1, -0.05) is 42.5 Å². The van der Waals surface area contributed by atoms with Gasteiger partial charge in [0.2, 0.25) is 0 Å². The maximum atomic E-state index is 5.75. The van der Waals surface area contributed by atoms with Gasteiger partial charge in [-0.3, -0.25) is 11.3 Å². The van der Waals surface area contributed by atoms with Gasteiger partial charge in [0.25, 0.3) is 0 Å². The predicted molar refractivity (Wildman–Crippen MR) is 86.8 cm³/mol. The molecule has 0 fully saturated rings. The van der Waals surface area contributed by atoms with Gasteiger partial charge in [-0.15, -0.1) is 11.3 Å². The number of benzene rings is 2. The fourth-order valence-corrected chi connectivity index (χ4v) is 3.38. The minimum absolute atomic E-state index is 0.169. The molecule has 0 aliphatic carbocycles. The highest BCUT2D eigenvalue weighted by Gasteiger charge is 2.13. The Kier molecular flexibility index (Phi) is 3.83. The zero-order valence-electron chi connectivity index (χ0n) is 11.5. The third-order valence-corrected chi connectivity index (χ3v) is 4.59. The predicted octanol–water partition coefficient (Wildman–Crippen LogP) is 3.96. The van der Waals surface area contributed by atoms with Crippen molar-refractivity contribution in [1.29, 1.82) is 0 Å². The molecule has 0 radical (unpaired) electrons. The average molecular weight is 282 g/mol. The molecule has 3 rings (SSSR count). The van der Waals surface area contributed by atoms with Crippen molar-refractivity contribution < 1.29 is 0 Å². The largest absolute Gasteiger partial charge is 0.271 e. The minimum atomic E-state index is 0.169. The summed E-state index contributed by atoms with van der Waals surface area (Å²) in [6.45, 7) is 2.14. The zero-order valence-corrected chi connectivity index (χ0v) is 12.3. The van der Waals surface area contributed by atoms with E-state index >= 15 is 0 Å². The fourth-order valence-electron chi connectivity index (χ4n) is 2.62. The van der Waals surface area contributed by atoms with Crippen molar-refractivity contribution in [2.75, 3.05) is 0 Å². The fraction of sp³-hybridized carbons (Fsp3) is 0.176. The number of hydrazine groups is 1. The highest BCUT2D eigenvalue weighted by molar-refractivity contribution is 7.10. The Balaban J connectivity index is 1.89. The van der Waals surface area contributed by atoms with Crippen LogP contribution < -0.4 is 11.3 Å². The monoisotopic (exact) mass is 282 g/mol. The Morgan fingerprint density at radius 1 is 1.10 bits per heavy atom. The number of thiophene rings is 1. The molecule has 0 saturated carbocycles. The van der Waals surface area contributed by atoms with E-state index in [0.717, 1.165) is 6.42 Å². The first-order valence-electron chi connectivity index (χ1n) is 6.76. The van der Waals surface area contributed by atoms with Crippen LogP contribution in [0.25, 0.3) is 10.8 Å². The summed E-state index contributed by atoms with van der Waals surface area (Å²) >= 11 is 1.77. The van der Waals surface area contributed by atoms with Gasteiger partial charge in [-0.05, 0) is 46.7 Å². The minimum Gasteiger partial charge on any atom is -0.271 e. The lowest BCUT2D eigenvalue weighted by molar-refractivity contribution is 0.551. The van der Waals surface area contributed by atoms with E-state index in [4.69, 9.17) is 5.84 Å². The molecule has 102 valence electrons. The summed E-state index contributed by atoms with van der Waals surface area (Å²) in [5.74, 6) is 5.75. The van der Waals surface area contributed by atoms with Gasteiger partial charge < -0.3 is 0 Å². The molecule has 3 heteroatoms. The zero-order chi connectivity index (χ0) is 13.9. The molecule has 0 saturated heterocycles. The SMILES string of the molecule is Cc1sccc1C(Cc1ccc2ccccc2c1)NN. The molecule has 0 amide bonds. The molecule has 1 heterocycles. The number of nitrogens with one attached hydrogen (secondary N) is 1. The maximum absolute atomic E-state index is 5.75. The summed E-state index contributed by atoms with van der Waals surface area (Å²) in [7, 11) is 0. The molecule has 2 nitrogen and oxygen atoms in total. The first kappa shape index (κ1) is 13.3. The number of hydrogen-bond donors (Lipinski definition) is 2. The molecule has 0 bridgehead atoms. The van der Waals surface area contributed by atoms with Crippen molar-refractivity contribution in [1.82, 2.24) is 5.43 Å². The van der Waals surface area contributed by atoms with Gasteiger partial charge in [-0.2, -0.15) is 0 Å². The highest BCUT2D eigenvalue weighted by Crippen LogP contribution is 2.26. The van der Waals surface area contributed by atoms with E-state index in [9.17, 15) is 0 Å². The standard InChI is InChI=1S/C17H18N2S/c1-12-16(8-9-20-12)17(19-18)11-13-6-7-14-4-2-3-5-15(14)10-13/h2-10,17,19H,11,18H2,1H3. The van der Waals surface area contributed by atoms with Gasteiger partial charge in [0.15, 0.2) is 0 Å². The van der Waals surface area contributed by atoms with Crippen LogP contribution in [-0.4, -0.2) is 0 Å². The molecule has 0 spiro atoms. The Hall–Kier alpha value is -1.68. The van der Waals surface area contributed by atoms with Crippen LogP contribution in [0.5, 0.6) is 0 Å². The number of rotatable bonds is 4. The van der Waals surface area contributed by atoms with E-state index in [-0.39, 0.29) is 6.04 Å².